The Kier molecular flexibility index (Phi) is 8.12. The molecule has 36 heavy (non-hydrogen) atoms. The summed E-state index contributed by atoms with van der Waals surface area (Å²) in [5, 5.41) is 22.6. The van der Waals surface area contributed by atoms with E-state index in [1.807, 2.05) is 30.3 Å². The van der Waals surface area contributed by atoms with Crippen LogP contribution >= 0.6 is 0 Å². The number of ether oxygens (including phenoxy) is 1. The lowest BCUT2D eigenvalue weighted by Crippen LogP contribution is -2.57. The first-order chi connectivity index (χ1) is 17.4. The maximum Gasteiger partial charge on any atom is 0.329 e. The number of phenols is 1. The van der Waals surface area contributed by atoms with E-state index in [0.29, 0.717) is 24.5 Å². The van der Waals surface area contributed by atoms with Crippen LogP contribution in [0, 0.1) is 0 Å². The molecular weight excluding hydrogens is 456 g/mol. The van der Waals surface area contributed by atoms with E-state index >= 15 is 0 Å². The fourth-order valence-corrected chi connectivity index (χ4v) is 4.84. The number of hydrogen-bond donors (Lipinski definition) is 1. The van der Waals surface area contributed by atoms with Gasteiger partial charge in [0.2, 0.25) is 5.82 Å². The van der Waals surface area contributed by atoms with E-state index < -0.39 is 5.97 Å². The van der Waals surface area contributed by atoms with Gasteiger partial charge in [-0.1, -0.05) is 42.5 Å². The van der Waals surface area contributed by atoms with Crippen LogP contribution in [0.2, 0.25) is 0 Å². The second-order valence-corrected chi connectivity index (χ2v) is 9.21. The Bertz CT molecular complexity index is 1180. The maximum atomic E-state index is 11.7. The van der Waals surface area contributed by atoms with Gasteiger partial charge in [0, 0.05) is 37.3 Å². The number of esters is 1. The van der Waals surface area contributed by atoms with Gasteiger partial charge in [-0.2, -0.15) is 4.80 Å². The number of benzene rings is 2. The predicted octanol–water partition coefficient (Wildman–Crippen LogP) is 3.28. The van der Waals surface area contributed by atoms with Crippen LogP contribution in [-0.2, 0) is 16.1 Å². The van der Waals surface area contributed by atoms with Crippen molar-refractivity contribution in [3.05, 3.63) is 72.3 Å². The Labute approximate surface area is 212 Å². The average molecular weight is 491 g/mol. The number of piperazine rings is 1. The number of tetrazole rings is 1. The standard InChI is InChI=1S/C27H34N6O3/c1-5-14-31-16-20(4)32(17-19(31)3)26(23-8-7-9-24(34)15-23)21-10-12-22(13-11-21)27-28-30-33(29-27)18-25(35)36-6-2/h5,7-13,15,19-20,26,34H,1,6,14,16-18H2,2-4H3/t19-,20+,26-/m1/s1. The third kappa shape index (κ3) is 5.80. The van der Waals surface area contributed by atoms with Crippen LogP contribution in [-0.4, -0.2) is 79.4 Å². The van der Waals surface area contributed by atoms with Crippen LogP contribution < -0.4 is 0 Å². The summed E-state index contributed by atoms with van der Waals surface area (Å²) in [6.07, 6.45) is 1.96. The van der Waals surface area contributed by atoms with Gasteiger partial charge in [0.15, 0.2) is 6.54 Å². The SMILES string of the molecule is C=CCN1C[C@H](C)N([C@H](c2ccc(-c3nnn(CC(=O)OCC)n3)cc2)c2cccc(O)c2)C[C@H]1C. The highest BCUT2D eigenvalue weighted by Crippen LogP contribution is 2.35. The van der Waals surface area contributed by atoms with Gasteiger partial charge in [0.1, 0.15) is 5.75 Å². The van der Waals surface area contributed by atoms with Crippen LogP contribution in [0.3, 0.4) is 0 Å². The zero-order valence-electron chi connectivity index (χ0n) is 21.1. The van der Waals surface area contributed by atoms with Crippen molar-refractivity contribution in [2.45, 2.75) is 45.4 Å². The Morgan fingerprint density at radius 1 is 1.17 bits per heavy atom. The van der Waals surface area contributed by atoms with E-state index in [4.69, 9.17) is 4.74 Å². The predicted molar refractivity (Wildman–Crippen MR) is 137 cm³/mol. The molecule has 1 aliphatic heterocycles. The van der Waals surface area contributed by atoms with Crippen molar-refractivity contribution >= 4 is 5.97 Å². The van der Waals surface area contributed by atoms with E-state index in [1.54, 1.807) is 13.0 Å². The summed E-state index contributed by atoms with van der Waals surface area (Å²) in [5.74, 6) is 0.296. The lowest BCUT2D eigenvalue weighted by molar-refractivity contribution is -0.144. The van der Waals surface area contributed by atoms with Crippen molar-refractivity contribution in [2.24, 2.45) is 0 Å². The highest BCUT2D eigenvalue weighted by Gasteiger charge is 2.34. The van der Waals surface area contributed by atoms with Gasteiger partial charge in [-0.15, -0.1) is 16.8 Å². The number of aromatic hydroxyl groups is 1. The van der Waals surface area contributed by atoms with Gasteiger partial charge in [-0.3, -0.25) is 9.80 Å². The molecule has 3 atom stereocenters. The first-order valence-corrected chi connectivity index (χ1v) is 12.3. The van der Waals surface area contributed by atoms with Crippen molar-refractivity contribution in [1.82, 2.24) is 30.0 Å². The molecular formula is C27H34N6O3. The third-order valence-corrected chi connectivity index (χ3v) is 6.56. The molecule has 1 N–H and O–H groups in total. The maximum absolute atomic E-state index is 11.7. The minimum absolute atomic E-state index is 0.0260. The third-order valence-electron chi connectivity index (χ3n) is 6.56. The quantitative estimate of drug-likeness (QED) is 0.361. The Morgan fingerprint density at radius 3 is 2.64 bits per heavy atom. The molecule has 0 amide bonds. The molecule has 9 heteroatoms. The Balaban J connectivity index is 1.61. The van der Waals surface area contributed by atoms with Crippen molar-refractivity contribution in [3.63, 3.8) is 0 Å². The second-order valence-electron chi connectivity index (χ2n) is 9.21. The topological polar surface area (TPSA) is 96.6 Å². The lowest BCUT2D eigenvalue weighted by Gasteiger charge is -2.47. The molecule has 1 aromatic heterocycles. The van der Waals surface area contributed by atoms with Crippen LogP contribution in [0.25, 0.3) is 11.4 Å². The van der Waals surface area contributed by atoms with Gasteiger partial charge in [-0.05, 0) is 49.2 Å². The number of aromatic nitrogens is 4. The fourth-order valence-electron chi connectivity index (χ4n) is 4.84. The Morgan fingerprint density at radius 2 is 1.94 bits per heavy atom. The van der Waals surface area contributed by atoms with Crippen molar-refractivity contribution in [1.29, 1.82) is 0 Å². The van der Waals surface area contributed by atoms with E-state index in [9.17, 15) is 9.90 Å². The molecule has 3 aromatic rings. The number of nitrogens with zero attached hydrogens (tertiary/aromatic N) is 6. The van der Waals surface area contributed by atoms with E-state index in [1.165, 1.54) is 4.80 Å². The molecule has 190 valence electrons. The number of carbonyl (C=O) groups excluding carboxylic acids is 1. The summed E-state index contributed by atoms with van der Waals surface area (Å²) in [6, 6.07) is 16.2. The molecule has 0 spiro atoms. The molecule has 0 saturated carbocycles. The highest BCUT2D eigenvalue weighted by molar-refractivity contribution is 5.68. The number of carbonyl (C=O) groups is 1. The van der Waals surface area contributed by atoms with Crippen LogP contribution in [0.5, 0.6) is 5.75 Å². The minimum atomic E-state index is -0.401. The summed E-state index contributed by atoms with van der Waals surface area (Å²) < 4.78 is 4.95. The first-order valence-electron chi connectivity index (χ1n) is 12.3. The van der Waals surface area contributed by atoms with Gasteiger partial charge in [0.05, 0.1) is 12.6 Å². The van der Waals surface area contributed by atoms with Crippen molar-refractivity contribution < 1.29 is 14.6 Å². The molecule has 0 radical (unpaired) electrons. The number of phenolic OH excluding ortho intramolecular Hbond substituents is 1. The van der Waals surface area contributed by atoms with Gasteiger partial charge < -0.3 is 9.84 Å². The molecule has 1 fully saturated rings. The van der Waals surface area contributed by atoms with Gasteiger partial charge in [0.25, 0.3) is 0 Å². The summed E-state index contributed by atoms with van der Waals surface area (Å²) in [5.41, 5.74) is 2.96. The Hall–Kier alpha value is -3.56. The lowest BCUT2D eigenvalue weighted by atomic mass is 9.92. The monoisotopic (exact) mass is 490 g/mol. The number of rotatable bonds is 9. The van der Waals surface area contributed by atoms with E-state index in [-0.39, 0.29) is 18.3 Å². The molecule has 2 heterocycles. The highest BCUT2D eigenvalue weighted by atomic mass is 16.5. The number of hydrogen-bond acceptors (Lipinski definition) is 8. The summed E-state index contributed by atoms with van der Waals surface area (Å²) in [4.78, 5) is 17.9. The van der Waals surface area contributed by atoms with Crippen LogP contribution in [0.4, 0.5) is 0 Å². The second kappa shape index (κ2) is 11.5. The molecule has 4 rings (SSSR count). The fraction of sp³-hybridized carbons (Fsp3) is 0.407. The average Bonchev–Trinajstić information content (AvgIpc) is 3.31. The summed E-state index contributed by atoms with van der Waals surface area (Å²) in [7, 11) is 0. The normalized spacial score (nSPS) is 19.6. The molecule has 2 aromatic carbocycles. The van der Waals surface area contributed by atoms with E-state index in [0.717, 1.165) is 36.3 Å². The smallest absolute Gasteiger partial charge is 0.329 e. The molecule has 1 saturated heterocycles. The summed E-state index contributed by atoms with van der Waals surface area (Å²) in [6.45, 7) is 13.1. The molecule has 0 unspecified atom stereocenters. The van der Waals surface area contributed by atoms with Crippen molar-refractivity contribution in [2.75, 3.05) is 26.2 Å². The van der Waals surface area contributed by atoms with Gasteiger partial charge in [-0.25, -0.2) is 4.79 Å². The van der Waals surface area contributed by atoms with Crippen LogP contribution in [0.15, 0.2) is 61.2 Å². The molecule has 1 aliphatic rings. The zero-order chi connectivity index (χ0) is 25.7. The summed E-state index contributed by atoms with van der Waals surface area (Å²) >= 11 is 0. The molecule has 0 aliphatic carbocycles. The van der Waals surface area contributed by atoms with Crippen molar-refractivity contribution in [3.8, 4) is 17.1 Å². The van der Waals surface area contributed by atoms with E-state index in [2.05, 4.69) is 63.8 Å². The zero-order valence-corrected chi connectivity index (χ0v) is 21.1. The first kappa shape index (κ1) is 25.5. The van der Waals surface area contributed by atoms with Gasteiger partial charge >= 0.3 is 5.97 Å². The molecule has 9 nitrogen and oxygen atoms in total. The molecule has 0 bridgehead atoms. The minimum Gasteiger partial charge on any atom is -0.508 e. The largest absolute Gasteiger partial charge is 0.508 e. The van der Waals surface area contributed by atoms with Crippen LogP contribution in [0.1, 0.15) is 37.9 Å².